The lowest BCUT2D eigenvalue weighted by atomic mass is 10.0. The van der Waals surface area contributed by atoms with Gasteiger partial charge in [0.25, 0.3) is 0 Å². The van der Waals surface area contributed by atoms with Crippen molar-refractivity contribution in [3.8, 4) is 0 Å². The van der Waals surface area contributed by atoms with Crippen molar-refractivity contribution in [3.63, 3.8) is 0 Å². The summed E-state index contributed by atoms with van der Waals surface area (Å²) in [5.41, 5.74) is 1.19. The fraction of sp³-hybridized carbons (Fsp3) is 0.667. The summed E-state index contributed by atoms with van der Waals surface area (Å²) in [6, 6.07) is 0. The predicted octanol–water partition coefficient (Wildman–Crippen LogP) is 2.44. The maximum absolute atomic E-state index is 4.43. The van der Waals surface area contributed by atoms with Crippen molar-refractivity contribution in [2.24, 2.45) is 0 Å². The Morgan fingerprint density at radius 3 is 2.65 bits per heavy atom. The van der Waals surface area contributed by atoms with Crippen LogP contribution in [0, 0.1) is 0 Å². The smallest absolute Gasteiger partial charge is 0.137 e. The minimum absolute atomic E-state index is 0.408. The molecule has 0 spiro atoms. The Morgan fingerprint density at radius 1 is 1.41 bits per heavy atom. The molecule has 5 heteroatoms. The number of rotatable bonds is 6. The van der Waals surface area contributed by atoms with Gasteiger partial charge in [0, 0.05) is 32.0 Å². The van der Waals surface area contributed by atoms with Gasteiger partial charge in [0.2, 0.25) is 0 Å². The number of thioether (sulfide) groups is 1. The Morgan fingerprint density at radius 2 is 2.12 bits per heavy atom. The molecule has 1 aromatic heterocycles. The number of anilines is 2. The molecule has 0 aliphatic heterocycles. The van der Waals surface area contributed by atoms with Gasteiger partial charge in [-0.1, -0.05) is 13.8 Å². The summed E-state index contributed by atoms with van der Waals surface area (Å²) in [5.74, 6) is 3.48. The molecule has 0 unspecified atom stereocenters. The average molecular weight is 254 g/mol. The third-order valence-electron chi connectivity index (χ3n) is 2.67. The highest BCUT2D eigenvalue weighted by Crippen LogP contribution is 2.29. The fourth-order valence-corrected chi connectivity index (χ4v) is 2.21. The van der Waals surface area contributed by atoms with Gasteiger partial charge in [-0.3, -0.25) is 0 Å². The number of nitrogens with zero attached hydrogens (tertiary/aromatic N) is 3. The van der Waals surface area contributed by atoms with Crippen LogP contribution >= 0.6 is 11.8 Å². The van der Waals surface area contributed by atoms with E-state index in [0.717, 1.165) is 23.9 Å². The van der Waals surface area contributed by atoms with Gasteiger partial charge in [-0.15, -0.1) is 0 Å². The Labute approximate surface area is 108 Å². The molecule has 96 valence electrons. The molecule has 0 saturated carbocycles. The Balaban J connectivity index is 3.05. The molecule has 1 aromatic rings. The van der Waals surface area contributed by atoms with E-state index < -0.39 is 0 Å². The summed E-state index contributed by atoms with van der Waals surface area (Å²) in [6.07, 6.45) is 3.75. The van der Waals surface area contributed by atoms with Crippen molar-refractivity contribution in [3.05, 3.63) is 11.9 Å². The molecule has 0 aromatic carbocycles. The summed E-state index contributed by atoms with van der Waals surface area (Å²) in [5, 5.41) is 3.15. The van der Waals surface area contributed by atoms with Crippen molar-refractivity contribution in [1.29, 1.82) is 0 Å². The Kier molecular flexibility index (Phi) is 5.55. The lowest BCUT2D eigenvalue weighted by Crippen LogP contribution is -2.24. The first-order valence-corrected chi connectivity index (χ1v) is 7.23. The zero-order valence-corrected chi connectivity index (χ0v) is 12.1. The van der Waals surface area contributed by atoms with Gasteiger partial charge >= 0.3 is 0 Å². The van der Waals surface area contributed by atoms with E-state index in [-0.39, 0.29) is 0 Å². The molecule has 17 heavy (non-hydrogen) atoms. The van der Waals surface area contributed by atoms with Gasteiger partial charge in [-0.05, 0) is 12.2 Å². The van der Waals surface area contributed by atoms with Crippen molar-refractivity contribution >= 4 is 23.4 Å². The molecule has 0 fully saturated rings. The molecule has 0 radical (unpaired) electrons. The van der Waals surface area contributed by atoms with Crippen LogP contribution in [-0.4, -0.2) is 42.6 Å². The Hall–Kier alpha value is -0.970. The van der Waals surface area contributed by atoms with Crippen molar-refractivity contribution in [2.75, 3.05) is 42.9 Å². The van der Waals surface area contributed by atoms with Gasteiger partial charge in [-0.2, -0.15) is 11.8 Å². The lowest BCUT2D eigenvalue weighted by molar-refractivity contribution is 0.822. The Bertz CT molecular complexity index is 354. The van der Waals surface area contributed by atoms with E-state index in [1.54, 1.807) is 6.33 Å². The molecule has 1 rings (SSSR count). The van der Waals surface area contributed by atoms with Crippen LogP contribution in [0.15, 0.2) is 6.33 Å². The standard InChI is InChI=1S/C12H22N4S/c1-9(2)10-11(13-3)14-8-15-12(10)16(4)6-7-17-5/h8-9H,6-7H2,1-5H3,(H,13,14,15). The maximum atomic E-state index is 4.43. The molecule has 0 saturated heterocycles. The molecule has 0 aliphatic carbocycles. The fourth-order valence-electron chi connectivity index (χ4n) is 1.76. The number of hydrogen-bond acceptors (Lipinski definition) is 5. The first-order valence-electron chi connectivity index (χ1n) is 5.84. The molecule has 4 nitrogen and oxygen atoms in total. The highest BCUT2D eigenvalue weighted by molar-refractivity contribution is 7.98. The van der Waals surface area contributed by atoms with E-state index in [0.29, 0.717) is 5.92 Å². The van der Waals surface area contributed by atoms with Crippen LogP contribution in [0.25, 0.3) is 0 Å². The largest absolute Gasteiger partial charge is 0.373 e. The van der Waals surface area contributed by atoms with Gasteiger partial charge in [0.15, 0.2) is 0 Å². The van der Waals surface area contributed by atoms with Gasteiger partial charge in [-0.25, -0.2) is 9.97 Å². The minimum atomic E-state index is 0.408. The van der Waals surface area contributed by atoms with Gasteiger partial charge < -0.3 is 10.2 Å². The summed E-state index contributed by atoms with van der Waals surface area (Å²) >= 11 is 1.85. The summed E-state index contributed by atoms with van der Waals surface area (Å²) in [7, 11) is 3.99. The normalized spacial score (nSPS) is 10.7. The van der Waals surface area contributed by atoms with Crippen LogP contribution in [0.3, 0.4) is 0 Å². The van der Waals surface area contributed by atoms with Crippen LogP contribution < -0.4 is 10.2 Å². The van der Waals surface area contributed by atoms with E-state index in [1.807, 2.05) is 18.8 Å². The lowest BCUT2D eigenvalue weighted by Gasteiger charge is -2.23. The summed E-state index contributed by atoms with van der Waals surface area (Å²) in [4.78, 5) is 10.9. The van der Waals surface area contributed by atoms with Crippen molar-refractivity contribution in [1.82, 2.24) is 9.97 Å². The predicted molar refractivity (Wildman–Crippen MR) is 77.3 cm³/mol. The van der Waals surface area contributed by atoms with Gasteiger partial charge in [0.05, 0.1) is 0 Å². The molecular weight excluding hydrogens is 232 g/mol. The monoisotopic (exact) mass is 254 g/mol. The van der Waals surface area contributed by atoms with Gasteiger partial charge in [0.1, 0.15) is 18.0 Å². The molecular formula is C12H22N4S. The molecule has 0 aliphatic rings. The zero-order chi connectivity index (χ0) is 12.8. The van der Waals surface area contributed by atoms with Crippen molar-refractivity contribution in [2.45, 2.75) is 19.8 Å². The quantitative estimate of drug-likeness (QED) is 0.844. The summed E-state index contributed by atoms with van der Waals surface area (Å²) in [6.45, 7) is 5.35. The number of nitrogens with one attached hydrogen (secondary N) is 1. The molecule has 0 bridgehead atoms. The first kappa shape index (κ1) is 14.1. The van der Waals surface area contributed by atoms with E-state index in [9.17, 15) is 0 Å². The van der Waals surface area contributed by atoms with Crippen LogP contribution in [0.2, 0.25) is 0 Å². The van der Waals surface area contributed by atoms with E-state index in [2.05, 4.69) is 47.3 Å². The third kappa shape index (κ3) is 3.49. The van der Waals surface area contributed by atoms with E-state index in [4.69, 9.17) is 0 Å². The maximum Gasteiger partial charge on any atom is 0.137 e. The number of hydrogen-bond donors (Lipinski definition) is 1. The van der Waals surface area contributed by atoms with Crippen molar-refractivity contribution < 1.29 is 0 Å². The second kappa shape index (κ2) is 6.69. The topological polar surface area (TPSA) is 41.1 Å². The first-order chi connectivity index (χ1) is 8.11. The van der Waals surface area contributed by atoms with Crippen LogP contribution in [-0.2, 0) is 0 Å². The van der Waals surface area contributed by atoms with E-state index >= 15 is 0 Å². The average Bonchev–Trinajstić information content (AvgIpc) is 2.34. The SMILES string of the molecule is CNc1ncnc(N(C)CCSC)c1C(C)C. The molecule has 0 atom stereocenters. The highest BCUT2D eigenvalue weighted by Gasteiger charge is 2.16. The minimum Gasteiger partial charge on any atom is -0.373 e. The van der Waals surface area contributed by atoms with E-state index in [1.165, 1.54) is 5.56 Å². The van der Waals surface area contributed by atoms with Crippen LogP contribution in [0.5, 0.6) is 0 Å². The third-order valence-corrected chi connectivity index (χ3v) is 3.26. The highest BCUT2D eigenvalue weighted by atomic mass is 32.2. The number of aromatic nitrogens is 2. The zero-order valence-electron chi connectivity index (χ0n) is 11.3. The molecule has 1 N–H and O–H groups in total. The van der Waals surface area contributed by atoms with Crippen LogP contribution in [0.1, 0.15) is 25.3 Å². The second-order valence-corrected chi connectivity index (χ2v) is 5.26. The summed E-state index contributed by atoms with van der Waals surface area (Å²) < 4.78 is 0. The molecule has 0 amide bonds. The van der Waals surface area contributed by atoms with Crippen LogP contribution in [0.4, 0.5) is 11.6 Å². The molecule has 1 heterocycles. The second-order valence-electron chi connectivity index (χ2n) is 4.28.